The van der Waals surface area contributed by atoms with E-state index >= 15 is 0 Å². The lowest BCUT2D eigenvalue weighted by atomic mass is 10.1. The molecule has 1 aromatic heterocycles. The van der Waals surface area contributed by atoms with Gasteiger partial charge in [0.05, 0.1) is 0 Å². The number of hydrogen-bond acceptors (Lipinski definition) is 9. The van der Waals surface area contributed by atoms with Crippen LogP contribution < -0.4 is 16.0 Å². The lowest BCUT2D eigenvalue weighted by molar-refractivity contribution is 0.129. The van der Waals surface area contributed by atoms with Crippen molar-refractivity contribution in [3.05, 3.63) is 0 Å². The molecule has 0 amide bonds. The van der Waals surface area contributed by atoms with E-state index in [0.717, 1.165) is 97.8 Å². The largest absolute Gasteiger partial charge is 0.381 e. The number of nitrogens with one attached hydrogen (secondary N) is 3. The van der Waals surface area contributed by atoms with E-state index in [1.165, 1.54) is 212 Å². The van der Waals surface area contributed by atoms with Crippen molar-refractivity contribution >= 4 is 17.8 Å². The molecular weight excluding hydrogens is 781 g/mol. The van der Waals surface area contributed by atoms with Crippen LogP contribution in [0.2, 0.25) is 0 Å². The fourth-order valence-corrected chi connectivity index (χ4v) is 8.18. The Morgan fingerprint density at radius 2 is 0.413 bits per heavy atom. The number of rotatable bonds is 54. The molecule has 0 aliphatic heterocycles. The van der Waals surface area contributed by atoms with Crippen LogP contribution in [0.15, 0.2) is 0 Å². The SMILES string of the molecule is CCCCCCCCCCCCCCOCCCNc1nc(NCCCOCCCCCCCCCCCCCC)nc(NCCCOCCCCCCCCCCCCCC)n1. The van der Waals surface area contributed by atoms with Crippen LogP contribution in [0.3, 0.4) is 0 Å². The van der Waals surface area contributed by atoms with Gasteiger partial charge in [0.1, 0.15) is 0 Å². The van der Waals surface area contributed by atoms with Crippen molar-refractivity contribution in [1.29, 1.82) is 0 Å². The second-order valence-electron chi connectivity index (χ2n) is 18.7. The highest BCUT2D eigenvalue weighted by molar-refractivity contribution is 5.42. The van der Waals surface area contributed by atoms with Gasteiger partial charge in [-0.2, -0.15) is 15.0 Å². The molecule has 1 rings (SSSR count). The Kier molecular flexibility index (Phi) is 48.3. The predicted octanol–water partition coefficient (Wildman–Crippen LogP) is 16.4. The van der Waals surface area contributed by atoms with E-state index in [0.29, 0.717) is 17.8 Å². The molecule has 0 spiro atoms. The number of anilines is 3. The molecule has 0 saturated carbocycles. The number of ether oxygens (including phenoxy) is 3. The average molecular weight is 889 g/mol. The van der Waals surface area contributed by atoms with E-state index < -0.39 is 0 Å². The molecule has 0 bridgehead atoms. The minimum atomic E-state index is 0.599. The lowest BCUT2D eigenvalue weighted by Gasteiger charge is -2.12. The monoisotopic (exact) mass is 889 g/mol. The zero-order valence-electron chi connectivity index (χ0n) is 42.5. The summed E-state index contributed by atoms with van der Waals surface area (Å²) in [6, 6.07) is 0. The third kappa shape index (κ3) is 45.2. The third-order valence-electron chi connectivity index (χ3n) is 12.3. The molecule has 3 N–H and O–H groups in total. The van der Waals surface area contributed by atoms with Gasteiger partial charge in [0.2, 0.25) is 17.8 Å². The maximum atomic E-state index is 5.96. The quantitative estimate of drug-likeness (QED) is 0.0552. The second kappa shape index (κ2) is 51.3. The Labute approximate surface area is 392 Å². The van der Waals surface area contributed by atoms with E-state index in [2.05, 4.69) is 36.7 Å². The zero-order chi connectivity index (χ0) is 45.0. The summed E-state index contributed by atoms with van der Waals surface area (Å²) in [5.41, 5.74) is 0. The summed E-state index contributed by atoms with van der Waals surface area (Å²) in [4.78, 5) is 14.1. The van der Waals surface area contributed by atoms with Crippen molar-refractivity contribution in [2.45, 2.75) is 271 Å². The van der Waals surface area contributed by atoms with Gasteiger partial charge < -0.3 is 30.2 Å². The van der Waals surface area contributed by atoms with Crippen LogP contribution in [0.1, 0.15) is 271 Å². The fraction of sp³-hybridized carbons (Fsp3) is 0.944. The maximum Gasteiger partial charge on any atom is 0.229 e. The summed E-state index contributed by atoms with van der Waals surface area (Å²) in [5.74, 6) is 1.80. The molecular formula is C54H108N6O3. The Morgan fingerprint density at radius 3 is 0.619 bits per heavy atom. The van der Waals surface area contributed by atoms with Crippen molar-refractivity contribution < 1.29 is 14.2 Å². The smallest absolute Gasteiger partial charge is 0.229 e. The van der Waals surface area contributed by atoms with Crippen molar-refractivity contribution in [1.82, 2.24) is 15.0 Å². The first-order valence-electron chi connectivity index (χ1n) is 28.0. The van der Waals surface area contributed by atoms with E-state index in [9.17, 15) is 0 Å². The summed E-state index contributed by atoms with van der Waals surface area (Å²) in [6.07, 6.45) is 52.0. The molecule has 63 heavy (non-hydrogen) atoms. The topological polar surface area (TPSA) is 102 Å². The van der Waals surface area contributed by atoms with Gasteiger partial charge in [-0.1, -0.05) is 233 Å². The molecule has 9 heteroatoms. The highest BCUT2D eigenvalue weighted by Crippen LogP contribution is 2.15. The zero-order valence-corrected chi connectivity index (χ0v) is 42.5. The highest BCUT2D eigenvalue weighted by Gasteiger charge is 2.07. The summed E-state index contributed by atoms with van der Waals surface area (Å²) in [6.45, 7) is 14.0. The van der Waals surface area contributed by atoms with Gasteiger partial charge in [-0.05, 0) is 38.5 Å². The normalized spacial score (nSPS) is 11.5. The molecule has 0 saturated heterocycles. The van der Waals surface area contributed by atoms with Crippen LogP contribution in [0, 0.1) is 0 Å². The molecule has 9 nitrogen and oxygen atoms in total. The van der Waals surface area contributed by atoms with Crippen molar-refractivity contribution in [3.8, 4) is 0 Å². The number of hydrogen-bond donors (Lipinski definition) is 3. The summed E-state index contributed by atoms with van der Waals surface area (Å²) < 4.78 is 17.9. The van der Waals surface area contributed by atoms with Gasteiger partial charge in [-0.15, -0.1) is 0 Å². The van der Waals surface area contributed by atoms with Crippen LogP contribution in [-0.4, -0.2) is 74.2 Å². The predicted molar refractivity (Wildman–Crippen MR) is 275 cm³/mol. The maximum absolute atomic E-state index is 5.96. The van der Waals surface area contributed by atoms with E-state index in [4.69, 9.17) is 29.2 Å². The minimum Gasteiger partial charge on any atom is -0.381 e. The summed E-state index contributed by atoms with van der Waals surface area (Å²) in [7, 11) is 0. The standard InChI is InChI=1S/C54H108N6O3/c1-4-7-10-13-16-19-22-25-28-31-34-37-46-61-49-40-43-55-52-58-53(56-44-41-50-62-47-38-35-32-29-26-23-20-17-14-11-8-5-2)60-54(59-52)57-45-42-51-63-48-39-36-33-30-27-24-21-18-15-12-9-6-3/h4-51H2,1-3H3,(H3,55,56,57,58,59,60). The number of unbranched alkanes of at least 4 members (excludes halogenated alkanes) is 33. The molecule has 0 aromatic carbocycles. The minimum absolute atomic E-state index is 0.599. The van der Waals surface area contributed by atoms with Gasteiger partial charge in [0.15, 0.2) is 0 Å². The molecule has 0 unspecified atom stereocenters. The number of nitrogens with zero attached hydrogens (tertiary/aromatic N) is 3. The Bertz CT molecular complexity index is 884. The Balaban J connectivity index is 2.25. The van der Waals surface area contributed by atoms with Gasteiger partial charge in [0.25, 0.3) is 0 Å². The molecule has 0 aliphatic carbocycles. The van der Waals surface area contributed by atoms with Crippen LogP contribution in [0.5, 0.6) is 0 Å². The molecule has 1 heterocycles. The van der Waals surface area contributed by atoms with E-state index in [1.807, 2.05) is 0 Å². The highest BCUT2D eigenvalue weighted by atomic mass is 16.5. The second-order valence-corrected chi connectivity index (χ2v) is 18.7. The van der Waals surface area contributed by atoms with E-state index in [1.54, 1.807) is 0 Å². The van der Waals surface area contributed by atoms with Crippen LogP contribution in [-0.2, 0) is 14.2 Å². The summed E-state index contributed by atoms with van der Waals surface area (Å²) >= 11 is 0. The molecule has 0 atom stereocenters. The lowest BCUT2D eigenvalue weighted by Crippen LogP contribution is -2.16. The average Bonchev–Trinajstić information content (AvgIpc) is 3.29. The Hall–Kier alpha value is -1.71. The van der Waals surface area contributed by atoms with Crippen molar-refractivity contribution in [3.63, 3.8) is 0 Å². The van der Waals surface area contributed by atoms with Crippen LogP contribution >= 0.6 is 0 Å². The first-order valence-corrected chi connectivity index (χ1v) is 28.0. The molecule has 1 aromatic rings. The molecule has 0 aliphatic rings. The van der Waals surface area contributed by atoms with Crippen molar-refractivity contribution in [2.75, 3.05) is 75.2 Å². The Morgan fingerprint density at radius 1 is 0.238 bits per heavy atom. The van der Waals surface area contributed by atoms with Crippen LogP contribution in [0.4, 0.5) is 17.8 Å². The van der Waals surface area contributed by atoms with Gasteiger partial charge in [-0.3, -0.25) is 0 Å². The molecule has 0 radical (unpaired) electrons. The number of aromatic nitrogens is 3. The van der Waals surface area contributed by atoms with Crippen molar-refractivity contribution in [2.24, 2.45) is 0 Å². The van der Waals surface area contributed by atoms with Gasteiger partial charge in [-0.25, -0.2) is 0 Å². The first-order chi connectivity index (χ1) is 31.3. The van der Waals surface area contributed by atoms with Crippen LogP contribution in [0.25, 0.3) is 0 Å². The van der Waals surface area contributed by atoms with E-state index in [-0.39, 0.29) is 0 Å². The first kappa shape index (κ1) is 59.3. The third-order valence-corrected chi connectivity index (χ3v) is 12.3. The fourth-order valence-electron chi connectivity index (χ4n) is 8.18. The summed E-state index contributed by atoms with van der Waals surface area (Å²) in [5, 5.41) is 10.3. The van der Waals surface area contributed by atoms with Gasteiger partial charge in [0, 0.05) is 59.3 Å². The molecule has 372 valence electrons. The van der Waals surface area contributed by atoms with Gasteiger partial charge >= 0.3 is 0 Å². The molecule has 0 fully saturated rings.